The average Bonchev–Trinajstić information content (AvgIpc) is 2.50. The van der Waals surface area contributed by atoms with Crippen LogP contribution in [0.4, 0.5) is 0 Å². The second-order valence-corrected chi connectivity index (χ2v) is 5.61. The molecule has 1 aliphatic carbocycles. The predicted octanol–water partition coefficient (Wildman–Crippen LogP) is 2.79. The van der Waals surface area contributed by atoms with Crippen LogP contribution in [0.5, 0.6) is 0 Å². The zero-order valence-corrected chi connectivity index (χ0v) is 12.6. The van der Waals surface area contributed by atoms with E-state index < -0.39 is 11.4 Å². The van der Waals surface area contributed by atoms with Crippen LogP contribution >= 0.6 is 0 Å². The second-order valence-electron chi connectivity index (χ2n) is 5.61. The van der Waals surface area contributed by atoms with E-state index in [4.69, 9.17) is 9.47 Å². The van der Waals surface area contributed by atoms with E-state index >= 15 is 0 Å². The number of fused-ring (bicyclic) bond motifs is 1. The van der Waals surface area contributed by atoms with Gasteiger partial charge in [0.25, 0.3) is 0 Å². The van der Waals surface area contributed by atoms with Crippen LogP contribution in [0.15, 0.2) is 24.3 Å². The maximum atomic E-state index is 11.9. The molecule has 0 bridgehead atoms. The number of carbonyl (C=O) groups is 1. The maximum Gasteiger partial charge on any atom is 0.314 e. The number of hydrogen-bond acceptors (Lipinski definition) is 3. The highest BCUT2D eigenvalue weighted by atomic mass is 16.5. The first kappa shape index (κ1) is 16.0. The van der Waals surface area contributed by atoms with E-state index in [0.29, 0.717) is 32.7 Å². The second kappa shape index (κ2) is 7.57. The Bertz CT molecular complexity index is 472. The van der Waals surface area contributed by atoms with Crippen molar-refractivity contribution >= 4 is 5.97 Å². The summed E-state index contributed by atoms with van der Waals surface area (Å²) in [7, 11) is 1.67. The number of ether oxygens (including phenoxy) is 2. The molecule has 0 fully saturated rings. The van der Waals surface area contributed by atoms with Crippen molar-refractivity contribution in [3.8, 4) is 0 Å². The molecule has 0 amide bonds. The van der Waals surface area contributed by atoms with Crippen LogP contribution in [0.1, 0.15) is 36.8 Å². The molecule has 1 N–H and O–H groups in total. The fourth-order valence-corrected chi connectivity index (χ4v) is 3.16. The summed E-state index contributed by atoms with van der Waals surface area (Å²) in [5.41, 5.74) is 1.37. The first-order valence-corrected chi connectivity index (χ1v) is 7.59. The molecule has 1 aromatic carbocycles. The lowest BCUT2D eigenvalue weighted by Gasteiger charge is -2.35. The topological polar surface area (TPSA) is 55.8 Å². The number of aryl methyl sites for hydroxylation is 1. The number of hydrogen-bond donors (Lipinski definition) is 1. The minimum absolute atomic E-state index is 0.477. The maximum absolute atomic E-state index is 11.9. The SMILES string of the molecule is COCCCOCCC1(C(=O)O)CCCc2ccccc21. The monoisotopic (exact) mass is 292 g/mol. The van der Waals surface area contributed by atoms with Gasteiger partial charge < -0.3 is 14.6 Å². The Labute approximate surface area is 126 Å². The Kier molecular flexibility index (Phi) is 5.76. The Balaban J connectivity index is 2.03. The minimum atomic E-state index is -0.782. The Morgan fingerprint density at radius 3 is 2.86 bits per heavy atom. The summed E-state index contributed by atoms with van der Waals surface area (Å²) in [6, 6.07) is 7.93. The van der Waals surface area contributed by atoms with Gasteiger partial charge in [-0.3, -0.25) is 4.79 Å². The summed E-state index contributed by atoms with van der Waals surface area (Å²) in [5.74, 6) is -0.727. The first-order valence-electron chi connectivity index (χ1n) is 7.59. The lowest BCUT2D eigenvalue weighted by Crippen LogP contribution is -2.40. The molecule has 0 spiro atoms. The largest absolute Gasteiger partial charge is 0.481 e. The van der Waals surface area contributed by atoms with E-state index in [-0.39, 0.29) is 0 Å². The highest BCUT2D eigenvalue weighted by Gasteiger charge is 2.42. The van der Waals surface area contributed by atoms with Crippen LogP contribution in [0, 0.1) is 0 Å². The molecule has 0 heterocycles. The van der Waals surface area contributed by atoms with Crippen molar-refractivity contribution in [2.24, 2.45) is 0 Å². The number of methoxy groups -OCH3 is 1. The highest BCUT2D eigenvalue weighted by molar-refractivity contribution is 5.82. The van der Waals surface area contributed by atoms with E-state index in [1.54, 1.807) is 7.11 Å². The Hall–Kier alpha value is -1.39. The summed E-state index contributed by atoms with van der Waals surface area (Å²) in [5, 5.41) is 9.80. The van der Waals surface area contributed by atoms with Crippen molar-refractivity contribution in [2.45, 2.75) is 37.5 Å². The smallest absolute Gasteiger partial charge is 0.314 e. The molecule has 4 heteroatoms. The molecule has 0 aromatic heterocycles. The van der Waals surface area contributed by atoms with Gasteiger partial charge in [0.05, 0.1) is 5.41 Å². The highest BCUT2D eigenvalue weighted by Crippen LogP contribution is 2.40. The lowest BCUT2D eigenvalue weighted by molar-refractivity contribution is -0.145. The van der Waals surface area contributed by atoms with Gasteiger partial charge in [-0.1, -0.05) is 24.3 Å². The quantitative estimate of drug-likeness (QED) is 0.749. The van der Waals surface area contributed by atoms with E-state index in [1.807, 2.05) is 24.3 Å². The van der Waals surface area contributed by atoms with Crippen molar-refractivity contribution < 1.29 is 19.4 Å². The molecule has 2 rings (SSSR count). The number of aliphatic carboxylic acids is 1. The van der Waals surface area contributed by atoms with Crippen LogP contribution in [0.2, 0.25) is 0 Å². The normalized spacial score (nSPS) is 21.0. The van der Waals surface area contributed by atoms with Gasteiger partial charge >= 0.3 is 5.97 Å². The van der Waals surface area contributed by atoms with Crippen LogP contribution in [0.25, 0.3) is 0 Å². The molecular weight excluding hydrogens is 268 g/mol. The van der Waals surface area contributed by atoms with Gasteiger partial charge in [-0.05, 0) is 43.2 Å². The molecular formula is C17H24O4. The standard InChI is InChI=1S/C17H24O4/c1-20-11-5-12-21-13-10-17(16(18)19)9-4-7-14-6-2-3-8-15(14)17/h2-3,6,8H,4-5,7,9-13H2,1H3,(H,18,19). The molecule has 0 saturated carbocycles. The molecule has 1 atom stereocenters. The zero-order valence-electron chi connectivity index (χ0n) is 12.6. The van der Waals surface area contributed by atoms with Crippen LogP contribution in [-0.2, 0) is 26.1 Å². The third-order valence-electron chi connectivity index (χ3n) is 4.30. The van der Waals surface area contributed by atoms with E-state index in [9.17, 15) is 9.90 Å². The van der Waals surface area contributed by atoms with Gasteiger partial charge in [0.1, 0.15) is 0 Å². The summed E-state index contributed by atoms with van der Waals surface area (Å²) in [6.07, 6.45) is 3.97. The Morgan fingerprint density at radius 2 is 2.10 bits per heavy atom. The molecule has 0 aliphatic heterocycles. The molecule has 0 saturated heterocycles. The minimum Gasteiger partial charge on any atom is -0.481 e. The zero-order chi connectivity index (χ0) is 15.1. The van der Waals surface area contributed by atoms with Gasteiger partial charge in [-0.25, -0.2) is 0 Å². The number of carboxylic acids is 1. The predicted molar refractivity (Wildman–Crippen MR) is 80.6 cm³/mol. The first-order chi connectivity index (χ1) is 10.2. The summed E-state index contributed by atoms with van der Waals surface area (Å²) < 4.78 is 10.6. The molecule has 0 radical (unpaired) electrons. The van der Waals surface area contributed by atoms with E-state index in [1.165, 1.54) is 5.56 Å². The fourth-order valence-electron chi connectivity index (χ4n) is 3.16. The molecule has 4 nitrogen and oxygen atoms in total. The summed E-state index contributed by atoms with van der Waals surface area (Å²) >= 11 is 0. The molecule has 21 heavy (non-hydrogen) atoms. The molecule has 1 aromatic rings. The van der Waals surface area contributed by atoms with Crippen molar-refractivity contribution in [3.05, 3.63) is 35.4 Å². The van der Waals surface area contributed by atoms with Crippen LogP contribution in [-0.4, -0.2) is 38.0 Å². The molecule has 1 unspecified atom stereocenters. The number of benzene rings is 1. The van der Waals surface area contributed by atoms with Crippen LogP contribution < -0.4 is 0 Å². The third kappa shape index (κ3) is 3.63. The Morgan fingerprint density at radius 1 is 1.29 bits per heavy atom. The lowest BCUT2D eigenvalue weighted by atomic mass is 9.68. The van der Waals surface area contributed by atoms with Gasteiger partial charge in [0.15, 0.2) is 0 Å². The fraction of sp³-hybridized carbons (Fsp3) is 0.588. The summed E-state index contributed by atoms with van der Waals surface area (Å²) in [6.45, 7) is 1.77. The number of rotatable bonds is 8. The molecule has 116 valence electrons. The summed E-state index contributed by atoms with van der Waals surface area (Å²) in [4.78, 5) is 11.9. The average molecular weight is 292 g/mol. The van der Waals surface area contributed by atoms with Gasteiger partial charge in [-0.2, -0.15) is 0 Å². The van der Waals surface area contributed by atoms with Gasteiger partial charge in [0, 0.05) is 26.9 Å². The van der Waals surface area contributed by atoms with E-state index in [0.717, 1.165) is 24.8 Å². The van der Waals surface area contributed by atoms with Crippen molar-refractivity contribution in [1.82, 2.24) is 0 Å². The van der Waals surface area contributed by atoms with Crippen molar-refractivity contribution in [2.75, 3.05) is 26.9 Å². The van der Waals surface area contributed by atoms with Gasteiger partial charge in [0.2, 0.25) is 0 Å². The number of carboxylic acid groups (broad SMARTS) is 1. The van der Waals surface area contributed by atoms with Crippen molar-refractivity contribution in [3.63, 3.8) is 0 Å². The van der Waals surface area contributed by atoms with Gasteiger partial charge in [-0.15, -0.1) is 0 Å². The van der Waals surface area contributed by atoms with Crippen molar-refractivity contribution in [1.29, 1.82) is 0 Å². The van der Waals surface area contributed by atoms with E-state index in [2.05, 4.69) is 0 Å². The van der Waals surface area contributed by atoms with Crippen LogP contribution in [0.3, 0.4) is 0 Å². The third-order valence-corrected chi connectivity index (χ3v) is 4.30. The molecule has 1 aliphatic rings.